The van der Waals surface area contributed by atoms with Crippen molar-refractivity contribution in [3.05, 3.63) is 34.9 Å². The van der Waals surface area contributed by atoms with Crippen LogP contribution in [0.4, 0.5) is 0 Å². The van der Waals surface area contributed by atoms with E-state index in [0.717, 1.165) is 19.5 Å². The van der Waals surface area contributed by atoms with Crippen molar-refractivity contribution < 1.29 is 4.79 Å². The molecule has 104 valence electrons. The van der Waals surface area contributed by atoms with E-state index >= 15 is 0 Å². The molecular formula is C16H24N2O. The minimum atomic E-state index is 0.0930. The summed E-state index contributed by atoms with van der Waals surface area (Å²) in [5, 5.41) is 2.69. The van der Waals surface area contributed by atoms with Gasteiger partial charge >= 0.3 is 0 Å². The summed E-state index contributed by atoms with van der Waals surface area (Å²) < 4.78 is 0. The SMILES string of the molecule is CNC(=O)CN1CCc2ccc(C(C)(C)C)cc2C1. The first kappa shape index (κ1) is 14.1. The largest absolute Gasteiger partial charge is 0.358 e. The molecule has 0 radical (unpaired) electrons. The summed E-state index contributed by atoms with van der Waals surface area (Å²) in [6.07, 6.45) is 1.04. The lowest BCUT2D eigenvalue weighted by molar-refractivity contribution is -0.121. The molecule has 1 aliphatic rings. The second-order valence-corrected chi connectivity index (χ2v) is 6.37. The van der Waals surface area contributed by atoms with Gasteiger partial charge in [-0.2, -0.15) is 0 Å². The molecule has 1 amide bonds. The molecule has 0 saturated carbocycles. The van der Waals surface area contributed by atoms with Gasteiger partial charge in [0, 0.05) is 20.1 Å². The Kier molecular flexibility index (Phi) is 3.95. The molecule has 1 heterocycles. The van der Waals surface area contributed by atoms with Crippen molar-refractivity contribution in [2.24, 2.45) is 0 Å². The highest BCUT2D eigenvalue weighted by Crippen LogP contribution is 2.27. The second kappa shape index (κ2) is 5.33. The van der Waals surface area contributed by atoms with Gasteiger partial charge in [0.1, 0.15) is 0 Å². The molecule has 0 saturated heterocycles. The molecule has 1 aromatic carbocycles. The van der Waals surface area contributed by atoms with Crippen LogP contribution in [0.2, 0.25) is 0 Å². The third-order valence-corrected chi connectivity index (χ3v) is 3.81. The van der Waals surface area contributed by atoms with Crippen molar-refractivity contribution in [3.63, 3.8) is 0 Å². The number of hydrogen-bond acceptors (Lipinski definition) is 2. The summed E-state index contributed by atoms with van der Waals surface area (Å²) >= 11 is 0. The normalized spacial score (nSPS) is 16.0. The molecule has 0 unspecified atom stereocenters. The van der Waals surface area contributed by atoms with E-state index < -0.39 is 0 Å². The number of fused-ring (bicyclic) bond motifs is 1. The zero-order valence-corrected chi connectivity index (χ0v) is 12.4. The number of carbonyl (C=O) groups is 1. The summed E-state index contributed by atoms with van der Waals surface area (Å²) in [5.41, 5.74) is 4.36. The average Bonchev–Trinajstić information content (AvgIpc) is 2.36. The fraction of sp³-hybridized carbons (Fsp3) is 0.562. The second-order valence-electron chi connectivity index (χ2n) is 6.37. The Morgan fingerprint density at radius 1 is 1.32 bits per heavy atom. The Hall–Kier alpha value is -1.35. The van der Waals surface area contributed by atoms with Crippen molar-refractivity contribution in [1.29, 1.82) is 0 Å². The Morgan fingerprint density at radius 3 is 2.68 bits per heavy atom. The van der Waals surface area contributed by atoms with Crippen molar-refractivity contribution in [2.75, 3.05) is 20.1 Å². The number of likely N-dealkylation sites (N-methyl/N-ethyl adjacent to an activating group) is 1. The van der Waals surface area contributed by atoms with Crippen LogP contribution in [-0.4, -0.2) is 30.9 Å². The van der Waals surface area contributed by atoms with Crippen LogP contribution in [-0.2, 0) is 23.2 Å². The van der Waals surface area contributed by atoms with E-state index in [0.29, 0.717) is 6.54 Å². The number of rotatable bonds is 2. The maximum atomic E-state index is 11.5. The van der Waals surface area contributed by atoms with Crippen molar-refractivity contribution >= 4 is 5.91 Å². The molecule has 1 aromatic rings. The van der Waals surface area contributed by atoms with E-state index in [1.54, 1.807) is 7.05 Å². The molecule has 2 rings (SSSR count). The van der Waals surface area contributed by atoms with E-state index in [-0.39, 0.29) is 11.3 Å². The molecule has 3 nitrogen and oxygen atoms in total. The molecule has 0 aromatic heterocycles. The van der Waals surface area contributed by atoms with Gasteiger partial charge in [-0.25, -0.2) is 0 Å². The Labute approximate surface area is 116 Å². The third kappa shape index (κ3) is 3.35. The van der Waals surface area contributed by atoms with Crippen LogP contribution in [0.15, 0.2) is 18.2 Å². The molecule has 0 fully saturated rings. The first-order valence-electron chi connectivity index (χ1n) is 6.95. The number of carbonyl (C=O) groups excluding carboxylic acids is 1. The zero-order chi connectivity index (χ0) is 14.0. The standard InChI is InChI=1S/C16H24N2O/c1-16(2,3)14-6-5-12-7-8-18(10-13(12)9-14)11-15(19)17-4/h5-6,9H,7-8,10-11H2,1-4H3,(H,17,19). The fourth-order valence-electron chi connectivity index (χ4n) is 2.50. The molecule has 0 atom stereocenters. The molecule has 3 heteroatoms. The first-order chi connectivity index (χ1) is 8.90. The van der Waals surface area contributed by atoms with Gasteiger partial charge in [0.05, 0.1) is 6.54 Å². The minimum Gasteiger partial charge on any atom is -0.358 e. The van der Waals surface area contributed by atoms with E-state index in [9.17, 15) is 4.79 Å². The maximum Gasteiger partial charge on any atom is 0.233 e. The van der Waals surface area contributed by atoms with Crippen molar-refractivity contribution in [1.82, 2.24) is 10.2 Å². The predicted octanol–water partition coefficient (Wildman–Crippen LogP) is 2.09. The number of hydrogen-bond donors (Lipinski definition) is 1. The summed E-state index contributed by atoms with van der Waals surface area (Å²) in [4.78, 5) is 13.7. The Balaban J connectivity index is 2.16. The van der Waals surface area contributed by atoms with Crippen LogP contribution >= 0.6 is 0 Å². The summed E-state index contributed by atoms with van der Waals surface area (Å²) in [5.74, 6) is 0.0930. The van der Waals surface area contributed by atoms with Crippen LogP contribution in [0, 0.1) is 0 Å². The van der Waals surface area contributed by atoms with E-state index in [1.165, 1.54) is 16.7 Å². The summed E-state index contributed by atoms with van der Waals surface area (Å²) in [6.45, 7) is 9.05. The molecule has 1 N–H and O–H groups in total. The van der Waals surface area contributed by atoms with Gasteiger partial charge in [0.25, 0.3) is 0 Å². The van der Waals surface area contributed by atoms with Crippen LogP contribution in [0.5, 0.6) is 0 Å². The lowest BCUT2D eigenvalue weighted by Gasteiger charge is -2.30. The first-order valence-corrected chi connectivity index (χ1v) is 6.95. The fourth-order valence-corrected chi connectivity index (χ4v) is 2.50. The van der Waals surface area contributed by atoms with Gasteiger partial charge < -0.3 is 5.32 Å². The Bertz CT molecular complexity index is 474. The molecule has 19 heavy (non-hydrogen) atoms. The summed E-state index contributed by atoms with van der Waals surface area (Å²) in [6, 6.07) is 6.81. The number of nitrogens with zero attached hydrogens (tertiary/aromatic N) is 1. The van der Waals surface area contributed by atoms with E-state index in [1.807, 2.05) is 0 Å². The smallest absolute Gasteiger partial charge is 0.233 e. The number of nitrogens with one attached hydrogen (secondary N) is 1. The molecule has 1 aliphatic heterocycles. The Morgan fingerprint density at radius 2 is 2.05 bits per heavy atom. The molecule has 0 bridgehead atoms. The average molecular weight is 260 g/mol. The van der Waals surface area contributed by atoms with Gasteiger partial charge in [-0.1, -0.05) is 39.0 Å². The molecule has 0 aliphatic carbocycles. The van der Waals surface area contributed by atoms with Crippen LogP contribution in [0.1, 0.15) is 37.5 Å². The highest BCUT2D eigenvalue weighted by molar-refractivity contribution is 5.77. The number of benzene rings is 1. The van der Waals surface area contributed by atoms with Gasteiger partial charge in [0.2, 0.25) is 5.91 Å². The third-order valence-electron chi connectivity index (χ3n) is 3.81. The zero-order valence-electron chi connectivity index (χ0n) is 12.4. The van der Waals surface area contributed by atoms with E-state index in [4.69, 9.17) is 0 Å². The quantitative estimate of drug-likeness (QED) is 0.883. The van der Waals surface area contributed by atoms with Crippen LogP contribution in [0.25, 0.3) is 0 Å². The summed E-state index contributed by atoms with van der Waals surface area (Å²) in [7, 11) is 1.69. The van der Waals surface area contributed by atoms with Gasteiger partial charge in [0.15, 0.2) is 0 Å². The predicted molar refractivity (Wildman–Crippen MR) is 78.2 cm³/mol. The van der Waals surface area contributed by atoms with Crippen LogP contribution < -0.4 is 5.32 Å². The maximum absolute atomic E-state index is 11.5. The minimum absolute atomic E-state index is 0.0930. The van der Waals surface area contributed by atoms with Gasteiger partial charge in [-0.15, -0.1) is 0 Å². The topological polar surface area (TPSA) is 32.3 Å². The van der Waals surface area contributed by atoms with Crippen LogP contribution in [0.3, 0.4) is 0 Å². The molecular weight excluding hydrogens is 236 g/mol. The van der Waals surface area contributed by atoms with E-state index in [2.05, 4.69) is 49.2 Å². The van der Waals surface area contributed by atoms with Gasteiger partial charge in [-0.3, -0.25) is 9.69 Å². The van der Waals surface area contributed by atoms with Crippen molar-refractivity contribution in [2.45, 2.75) is 39.2 Å². The lowest BCUT2D eigenvalue weighted by atomic mass is 9.84. The van der Waals surface area contributed by atoms with Gasteiger partial charge in [-0.05, 0) is 28.5 Å². The molecule has 0 spiro atoms. The number of amides is 1. The highest BCUT2D eigenvalue weighted by Gasteiger charge is 2.21. The monoisotopic (exact) mass is 260 g/mol. The van der Waals surface area contributed by atoms with Crippen molar-refractivity contribution in [3.8, 4) is 0 Å². The highest BCUT2D eigenvalue weighted by atomic mass is 16.1. The lowest BCUT2D eigenvalue weighted by Crippen LogP contribution is -2.38.